The number of hydrogen-bond acceptors (Lipinski definition) is 4. The predicted octanol–water partition coefficient (Wildman–Crippen LogP) is 4.05. The standard InChI is InChI=1S/C17H18ClN5/c1-12(2)17-13(8-20-16-10-19-9-15(18)21-16)11-23(22-17)14-6-4-3-5-7-14/h3-7,9-12H,8H2,1-2H3,(H,20,21). The molecule has 0 atom stereocenters. The van der Waals surface area contributed by atoms with Crippen LogP contribution in [0, 0.1) is 0 Å². The van der Waals surface area contributed by atoms with E-state index in [-0.39, 0.29) is 0 Å². The van der Waals surface area contributed by atoms with Crippen LogP contribution in [0.25, 0.3) is 5.69 Å². The lowest BCUT2D eigenvalue weighted by Crippen LogP contribution is -2.04. The van der Waals surface area contributed by atoms with Gasteiger partial charge in [-0.05, 0) is 18.1 Å². The summed E-state index contributed by atoms with van der Waals surface area (Å²) in [5.74, 6) is 0.988. The van der Waals surface area contributed by atoms with Gasteiger partial charge < -0.3 is 5.32 Å². The molecule has 0 radical (unpaired) electrons. The van der Waals surface area contributed by atoms with Gasteiger partial charge in [0.1, 0.15) is 11.0 Å². The molecule has 0 aliphatic carbocycles. The van der Waals surface area contributed by atoms with E-state index in [0.29, 0.717) is 23.4 Å². The molecule has 0 saturated heterocycles. The third kappa shape index (κ3) is 3.68. The molecule has 0 saturated carbocycles. The zero-order valence-corrected chi connectivity index (χ0v) is 13.8. The van der Waals surface area contributed by atoms with E-state index in [1.54, 1.807) is 6.20 Å². The van der Waals surface area contributed by atoms with E-state index in [4.69, 9.17) is 16.7 Å². The molecule has 0 amide bonds. The number of benzene rings is 1. The highest BCUT2D eigenvalue weighted by atomic mass is 35.5. The van der Waals surface area contributed by atoms with E-state index in [1.807, 2.05) is 35.0 Å². The molecule has 0 fully saturated rings. The smallest absolute Gasteiger partial charge is 0.149 e. The molecule has 3 rings (SSSR count). The quantitative estimate of drug-likeness (QED) is 0.768. The second-order valence-corrected chi connectivity index (χ2v) is 5.94. The number of aromatic nitrogens is 4. The van der Waals surface area contributed by atoms with Crippen LogP contribution in [-0.2, 0) is 6.54 Å². The maximum Gasteiger partial charge on any atom is 0.149 e. The topological polar surface area (TPSA) is 55.6 Å². The zero-order valence-electron chi connectivity index (χ0n) is 13.1. The maximum absolute atomic E-state index is 5.86. The van der Waals surface area contributed by atoms with Crippen molar-refractivity contribution in [1.29, 1.82) is 0 Å². The van der Waals surface area contributed by atoms with Gasteiger partial charge in [0, 0.05) is 18.3 Å². The van der Waals surface area contributed by atoms with Gasteiger partial charge in [-0.25, -0.2) is 9.67 Å². The summed E-state index contributed by atoms with van der Waals surface area (Å²) < 4.78 is 1.91. The number of anilines is 1. The Kier molecular flexibility index (Phi) is 4.57. The molecule has 1 N–H and O–H groups in total. The predicted molar refractivity (Wildman–Crippen MR) is 92.0 cm³/mol. The average molecular weight is 328 g/mol. The Morgan fingerprint density at radius 1 is 1.17 bits per heavy atom. The van der Waals surface area contributed by atoms with E-state index in [9.17, 15) is 0 Å². The number of halogens is 1. The number of nitrogens with one attached hydrogen (secondary N) is 1. The summed E-state index contributed by atoms with van der Waals surface area (Å²) in [6.45, 7) is 4.90. The summed E-state index contributed by atoms with van der Waals surface area (Å²) >= 11 is 5.86. The molecule has 2 aromatic heterocycles. The highest BCUT2D eigenvalue weighted by Crippen LogP contribution is 2.21. The van der Waals surface area contributed by atoms with Crippen LogP contribution in [0.5, 0.6) is 0 Å². The van der Waals surface area contributed by atoms with E-state index in [0.717, 1.165) is 16.9 Å². The summed E-state index contributed by atoms with van der Waals surface area (Å²) in [5, 5.41) is 8.35. The van der Waals surface area contributed by atoms with Gasteiger partial charge in [0.2, 0.25) is 0 Å². The molecular formula is C17H18ClN5. The highest BCUT2D eigenvalue weighted by molar-refractivity contribution is 6.29. The molecule has 5 nitrogen and oxygen atoms in total. The Labute approximate surface area is 140 Å². The van der Waals surface area contributed by atoms with Crippen molar-refractivity contribution in [2.24, 2.45) is 0 Å². The minimum Gasteiger partial charge on any atom is -0.365 e. The summed E-state index contributed by atoms with van der Waals surface area (Å²) in [6.07, 6.45) is 5.22. The van der Waals surface area contributed by atoms with Crippen LogP contribution in [0.4, 0.5) is 5.82 Å². The van der Waals surface area contributed by atoms with Crippen molar-refractivity contribution in [2.75, 3.05) is 5.32 Å². The van der Waals surface area contributed by atoms with Crippen molar-refractivity contribution in [1.82, 2.24) is 19.7 Å². The maximum atomic E-state index is 5.86. The number of rotatable bonds is 5. The Morgan fingerprint density at radius 3 is 2.65 bits per heavy atom. The van der Waals surface area contributed by atoms with Gasteiger partial charge in [-0.1, -0.05) is 43.6 Å². The summed E-state index contributed by atoms with van der Waals surface area (Å²) in [5.41, 5.74) is 3.24. The van der Waals surface area contributed by atoms with Crippen LogP contribution < -0.4 is 5.32 Å². The third-order valence-electron chi connectivity index (χ3n) is 3.46. The number of hydrogen-bond donors (Lipinski definition) is 1. The Morgan fingerprint density at radius 2 is 1.96 bits per heavy atom. The van der Waals surface area contributed by atoms with Gasteiger partial charge in [-0.15, -0.1) is 0 Å². The van der Waals surface area contributed by atoms with Gasteiger partial charge in [0.05, 0.1) is 23.8 Å². The summed E-state index contributed by atoms with van der Waals surface area (Å²) in [4.78, 5) is 8.22. The van der Waals surface area contributed by atoms with E-state index in [1.165, 1.54) is 6.20 Å². The molecule has 118 valence electrons. The monoisotopic (exact) mass is 327 g/mol. The lowest BCUT2D eigenvalue weighted by Gasteiger charge is -2.07. The first-order chi connectivity index (χ1) is 11.1. The first kappa shape index (κ1) is 15.5. The molecule has 3 aromatic rings. The number of nitrogens with zero attached hydrogens (tertiary/aromatic N) is 4. The van der Waals surface area contributed by atoms with Crippen molar-refractivity contribution < 1.29 is 0 Å². The lowest BCUT2D eigenvalue weighted by atomic mass is 10.1. The second kappa shape index (κ2) is 6.79. The van der Waals surface area contributed by atoms with Crippen molar-refractivity contribution in [2.45, 2.75) is 26.3 Å². The molecule has 0 bridgehead atoms. The van der Waals surface area contributed by atoms with E-state index >= 15 is 0 Å². The molecule has 23 heavy (non-hydrogen) atoms. The van der Waals surface area contributed by atoms with Gasteiger partial charge in [0.15, 0.2) is 0 Å². The fourth-order valence-electron chi connectivity index (χ4n) is 2.37. The fourth-order valence-corrected chi connectivity index (χ4v) is 2.52. The van der Waals surface area contributed by atoms with E-state index in [2.05, 4.69) is 35.3 Å². The number of para-hydroxylation sites is 1. The van der Waals surface area contributed by atoms with Crippen molar-refractivity contribution >= 4 is 17.4 Å². The molecule has 0 aliphatic rings. The lowest BCUT2D eigenvalue weighted by molar-refractivity contribution is 0.763. The van der Waals surface area contributed by atoms with E-state index < -0.39 is 0 Å². The van der Waals surface area contributed by atoms with Crippen LogP contribution >= 0.6 is 11.6 Å². The highest BCUT2D eigenvalue weighted by Gasteiger charge is 2.13. The minimum atomic E-state index is 0.335. The van der Waals surface area contributed by atoms with Crippen LogP contribution in [0.2, 0.25) is 5.15 Å². The van der Waals surface area contributed by atoms with Crippen LogP contribution in [0.1, 0.15) is 31.0 Å². The Bertz CT molecular complexity index is 783. The summed E-state index contributed by atoms with van der Waals surface area (Å²) in [6, 6.07) is 10.1. The van der Waals surface area contributed by atoms with Crippen molar-refractivity contribution in [3.05, 3.63) is 65.3 Å². The van der Waals surface area contributed by atoms with Crippen LogP contribution in [-0.4, -0.2) is 19.7 Å². The van der Waals surface area contributed by atoms with Gasteiger partial charge >= 0.3 is 0 Å². The fraction of sp³-hybridized carbons (Fsp3) is 0.235. The first-order valence-electron chi connectivity index (χ1n) is 7.49. The average Bonchev–Trinajstić information content (AvgIpc) is 2.98. The van der Waals surface area contributed by atoms with Gasteiger partial charge in [-0.2, -0.15) is 5.10 Å². The summed E-state index contributed by atoms with van der Waals surface area (Å²) in [7, 11) is 0. The van der Waals surface area contributed by atoms with Crippen LogP contribution in [0.15, 0.2) is 48.9 Å². The molecule has 0 aliphatic heterocycles. The molecule has 6 heteroatoms. The van der Waals surface area contributed by atoms with Crippen molar-refractivity contribution in [3.63, 3.8) is 0 Å². The van der Waals surface area contributed by atoms with Crippen LogP contribution in [0.3, 0.4) is 0 Å². The molecule has 0 spiro atoms. The molecule has 2 heterocycles. The largest absolute Gasteiger partial charge is 0.365 e. The minimum absolute atomic E-state index is 0.335. The Hall–Kier alpha value is -2.40. The Balaban J connectivity index is 1.84. The molecule has 1 aromatic carbocycles. The normalized spacial score (nSPS) is 11.0. The van der Waals surface area contributed by atoms with Gasteiger partial charge in [0.25, 0.3) is 0 Å². The van der Waals surface area contributed by atoms with Crippen molar-refractivity contribution in [3.8, 4) is 5.69 Å². The second-order valence-electron chi connectivity index (χ2n) is 5.55. The third-order valence-corrected chi connectivity index (χ3v) is 3.64. The SMILES string of the molecule is CC(C)c1nn(-c2ccccc2)cc1CNc1cncc(Cl)n1. The van der Waals surface area contributed by atoms with Gasteiger partial charge in [-0.3, -0.25) is 4.98 Å². The molecular weight excluding hydrogens is 310 g/mol. The molecule has 0 unspecified atom stereocenters. The first-order valence-corrected chi connectivity index (χ1v) is 7.86. The zero-order chi connectivity index (χ0) is 16.2.